The lowest BCUT2D eigenvalue weighted by Crippen LogP contribution is -2.43. The monoisotopic (exact) mass is 400 g/mol. The Kier molecular flexibility index (Phi) is 7.87. The van der Waals surface area contributed by atoms with Crippen molar-refractivity contribution in [2.75, 3.05) is 39.4 Å². The normalized spacial score (nSPS) is 24.6. The summed E-state index contributed by atoms with van der Waals surface area (Å²) in [4.78, 5) is 5.46. The van der Waals surface area contributed by atoms with Crippen molar-refractivity contribution >= 4 is 0 Å². The van der Waals surface area contributed by atoms with Crippen LogP contribution < -0.4 is 4.74 Å². The van der Waals surface area contributed by atoms with E-state index < -0.39 is 0 Å². The van der Waals surface area contributed by atoms with E-state index in [-0.39, 0.29) is 0 Å². The van der Waals surface area contributed by atoms with Crippen LogP contribution in [0.3, 0.4) is 0 Å². The van der Waals surface area contributed by atoms with Gasteiger partial charge in [-0.25, -0.2) is 0 Å². The Morgan fingerprint density at radius 2 is 1.72 bits per heavy atom. The molecule has 0 spiro atoms. The Balaban J connectivity index is 1.31. The van der Waals surface area contributed by atoms with E-state index in [0.717, 1.165) is 44.0 Å². The minimum atomic E-state index is 0.427. The first kappa shape index (κ1) is 21.1. The highest BCUT2D eigenvalue weighted by molar-refractivity contribution is 5.27. The second-order valence-electron chi connectivity index (χ2n) is 9.32. The van der Waals surface area contributed by atoms with Crippen LogP contribution in [0.15, 0.2) is 24.3 Å². The van der Waals surface area contributed by atoms with E-state index in [9.17, 15) is 0 Å². The second kappa shape index (κ2) is 10.8. The van der Waals surface area contributed by atoms with Gasteiger partial charge in [0.05, 0.1) is 12.7 Å². The number of ether oxygens (including phenoxy) is 2. The average Bonchev–Trinajstić information content (AvgIpc) is 3.45. The minimum Gasteiger partial charge on any atom is -0.494 e. The maximum Gasteiger partial charge on any atom is 0.119 e. The molecule has 2 aliphatic heterocycles. The molecule has 0 bridgehead atoms. The third-order valence-electron chi connectivity index (χ3n) is 7.13. The lowest BCUT2D eigenvalue weighted by molar-refractivity contribution is 0.0540. The first-order chi connectivity index (χ1) is 14.3. The van der Waals surface area contributed by atoms with E-state index in [2.05, 4.69) is 34.1 Å². The summed E-state index contributed by atoms with van der Waals surface area (Å²) < 4.78 is 11.6. The molecule has 1 atom stereocenters. The Hall–Kier alpha value is -1.10. The van der Waals surface area contributed by atoms with E-state index >= 15 is 0 Å². The van der Waals surface area contributed by atoms with Crippen LogP contribution >= 0.6 is 0 Å². The van der Waals surface area contributed by atoms with Crippen LogP contribution in [-0.2, 0) is 11.3 Å². The minimum absolute atomic E-state index is 0.427. The average molecular weight is 401 g/mol. The predicted octanol–water partition coefficient (Wildman–Crippen LogP) is 4.72. The molecule has 1 aromatic rings. The molecular formula is C25H40N2O2. The molecule has 1 aliphatic carbocycles. The van der Waals surface area contributed by atoms with Gasteiger partial charge in [-0.2, -0.15) is 0 Å². The van der Waals surface area contributed by atoms with Gasteiger partial charge in [-0.1, -0.05) is 25.0 Å². The first-order valence-electron chi connectivity index (χ1n) is 12.1. The van der Waals surface area contributed by atoms with Crippen LogP contribution in [0.5, 0.6) is 5.75 Å². The van der Waals surface area contributed by atoms with Crippen molar-refractivity contribution in [1.82, 2.24) is 9.80 Å². The summed E-state index contributed by atoms with van der Waals surface area (Å²) in [7, 11) is 0. The van der Waals surface area contributed by atoms with E-state index in [1.165, 1.54) is 76.6 Å². The first-order valence-corrected chi connectivity index (χ1v) is 12.1. The van der Waals surface area contributed by atoms with Crippen LogP contribution in [0.25, 0.3) is 0 Å². The molecule has 4 rings (SSSR count). The summed E-state index contributed by atoms with van der Waals surface area (Å²) in [5, 5.41) is 0. The van der Waals surface area contributed by atoms with E-state index in [4.69, 9.17) is 9.47 Å². The Morgan fingerprint density at radius 1 is 0.966 bits per heavy atom. The van der Waals surface area contributed by atoms with E-state index in [0.29, 0.717) is 6.10 Å². The standard InChI is InChI=1S/C25H40N2O2/c1-2-28-24-11-9-21(10-12-24)18-26(20-25-8-5-17-29-25)19-22-13-15-27(16-14-22)23-6-3-4-7-23/h9-12,22-23,25H,2-8,13-20H2,1H3. The van der Waals surface area contributed by atoms with Gasteiger partial charge < -0.3 is 14.4 Å². The summed E-state index contributed by atoms with van der Waals surface area (Å²) in [6, 6.07) is 9.58. The molecular weight excluding hydrogens is 360 g/mol. The Morgan fingerprint density at radius 3 is 2.38 bits per heavy atom. The molecule has 3 fully saturated rings. The van der Waals surface area contributed by atoms with Gasteiger partial charge in [0.2, 0.25) is 0 Å². The maximum atomic E-state index is 5.98. The summed E-state index contributed by atoms with van der Waals surface area (Å²) in [5.41, 5.74) is 1.38. The quantitative estimate of drug-likeness (QED) is 0.599. The largest absolute Gasteiger partial charge is 0.494 e. The fraction of sp³-hybridized carbons (Fsp3) is 0.760. The molecule has 3 aliphatic rings. The molecule has 0 aromatic heterocycles. The van der Waals surface area contributed by atoms with Gasteiger partial charge in [0.25, 0.3) is 0 Å². The third kappa shape index (κ3) is 6.19. The zero-order valence-corrected chi connectivity index (χ0v) is 18.4. The highest BCUT2D eigenvalue weighted by Crippen LogP contribution is 2.29. The van der Waals surface area contributed by atoms with Gasteiger partial charge >= 0.3 is 0 Å². The fourth-order valence-corrected chi connectivity index (χ4v) is 5.53. The smallest absolute Gasteiger partial charge is 0.119 e. The van der Waals surface area contributed by atoms with Gasteiger partial charge in [0.1, 0.15) is 5.75 Å². The van der Waals surface area contributed by atoms with Crippen LogP contribution in [0.1, 0.15) is 63.9 Å². The van der Waals surface area contributed by atoms with Crippen LogP contribution in [-0.4, -0.2) is 61.3 Å². The number of benzene rings is 1. The summed E-state index contributed by atoms with van der Waals surface area (Å²) in [6.45, 7) is 9.65. The number of nitrogens with zero attached hydrogens (tertiary/aromatic N) is 2. The zero-order chi connectivity index (χ0) is 19.9. The number of rotatable bonds is 9. The molecule has 2 heterocycles. The molecule has 0 N–H and O–H groups in total. The number of hydrogen-bond donors (Lipinski definition) is 0. The molecule has 1 aromatic carbocycles. The SMILES string of the molecule is CCOc1ccc(CN(CC2CCN(C3CCCC3)CC2)CC2CCCO2)cc1. The van der Waals surface area contributed by atoms with Crippen molar-refractivity contribution < 1.29 is 9.47 Å². The number of hydrogen-bond acceptors (Lipinski definition) is 4. The van der Waals surface area contributed by atoms with Crippen molar-refractivity contribution in [3.63, 3.8) is 0 Å². The van der Waals surface area contributed by atoms with Gasteiger partial charge in [0, 0.05) is 32.3 Å². The lowest BCUT2D eigenvalue weighted by Gasteiger charge is -2.38. The molecule has 4 heteroatoms. The highest BCUT2D eigenvalue weighted by Gasteiger charge is 2.28. The van der Waals surface area contributed by atoms with Crippen molar-refractivity contribution in [2.24, 2.45) is 5.92 Å². The molecule has 162 valence electrons. The van der Waals surface area contributed by atoms with Gasteiger partial charge in [0.15, 0.2) is 0 Å². The van der Waals surface area contributed by atoms with Crippen molar-refractivity contribution in [3.05, 3.63) is 29.8 Å². The van der Waals surface area contributed by atoms with Gasteiger partial charge in [-0.05, 0) is 82.2 Å². The maximum absolute atomic E-state index is 5.98. The topological polar surface area (TPSA) is 24.9 Å². The Labute approximate surface area is 177 Å². The van der Waals surface area contributed by atoms with Gasteiger partial charge in [-0.3, -0.25) is 4.90 Å². The van der Waals surface area contributed by atoms with Crippen LogP contribution in [0.4, 0.5) is 0 Å². The third-order valence-corrected chi connectivity index (χ3v) is 7.13. The molecule has 0 amide bonds. The number of likely N-dealkylation sites (tertiary alicyclic amines) is 1. The lowest BCUT2D eigenvalue weighted by atomic mass is 9.94. The van der Waals surface area contributed by atoms with Crippen LogP contribution in [0, 0.1) is 5.92 Å². The summed E-state index contributed by atoms with van der Waals surface area (Å²) in [5.74, 6) is 1.80. The number of piperidine rings is 1. The molecule has 4 nitrogen and oxygen atoms in total. The molecule has 29 heavy (non-hydrogen) atoms. The molecule has 2 saturated heterocycles. The molecule has 0 radical (unpaired) electrons. The van der Waals surface area contributed by atoms with E-state index in [1.54, 1.807) is 0 Å². The second-order valence-corrected chi connectivity index (χ2v) is 9.32. The molecule has 1 unspecified atom stereocenters. The Bertz CT molecular complexity index is 585. The van der Waals surface area contributed by atoms with Crippen molar-refractivity contribution in [2.45, 2.75) is 77.0 Å². The highest BCUT2D eigenvalue weighted by atomic mass is 16.5. The van der Waals surface area contributed by atoms with Crippen molar-refractivity contribution in [1.29, 1.82) is 0 Å². The fourth-order valence-electron chi connectivity index (χ4n) is 5.53. The van der Waals surface area contributed by atoms with E-state index in [1.807, 2.05) is 6.92 Å². The van der Waals surface area contributed by atoms with Crippen LogP contribution in [0.2, 0.25) is 0 Å². The zero-order valence-electron chi connectivity index (χ0n) is 18.4. The van der Waals surface area contributed by atoms with Crippen molar-refractivity contribution in [3.8, 4) is 5.75 Å². The summed E-state index contributed by atoms with van der Waals surface area (Å²) in [6.07, 6.45) is 11.4. The predicted molar refractivity (Wildman–Crippen MR) is 118 cm³/mol. The molecule has 1 saturated carbocycles. The summed E-state index contributed by atoms with van der Waals surface area (Å²) >= 11 is 0. The van der Waals surface area contributed by atoms with Gasteiger partial charge in [-0.15, -0.1) is 0 Å².